The van der Waals surface area contributed by atoms with E-state index in [1.807, 2.05) is 6.07 Å². The normalized spacial score (nSPS) is 14.0. The van der Waals surface area contributed by atoms with Crippen LogP contribution in [-0.4, -0.2) is 23.3 Å². The first-order valence-electron chi connectivity index (χ1n) is 5.93. The number of anilines is 1. The molecule has 0 atom stereocenters. The Morgan fingerprint density at radius 1 is 1.16 bits per heavy atom. The van der Waals surface area contributed by atoms with Crippen LogP contribution in [0.15, 0.2) is 43.0 Å². The fourth-order valence-corrected chi connectivity index (χ4v) is 2.48. The van der Waals surface area contributed by atoms with E-state index in [1.165, 1.54) is 11.0 Å². The molecule has 2 aromatic rings. The van der Waals surface area contributed by atoms with Gasteiger partial charge in [-0.2, -0.15) is 0 Å². The summed E-state index contributed by atoms with van der Waals surface area (Å²) in [4.78, 5) is 25.9. The number of hydrogen-bond acceptors (Lipinski definition) is 3. The molecule has 2 aromatic carbocycles. The van der Waals surface area contributed by atoms with Gasteiger partial charge in [-0.3, -0.25) is 14.5 Å². The minimum absolute atomic E-state index is 0.197. The molecule has 2 N–H and O–H groups in total. The van der Waals surface area contributed by atoms with Gasteiger partial charge in [0, 0.05) is 23.2 Å². The molecule has 94 valence electrons. The zero-order valence-electron chi connectivity index (χ0n) is 10.2. The van der Waals surface area contributed by atoms with Crippen molar-refractivity contribution < 1.29 is 9.59 Å². The number of carbonyl (C=O) groups is 2. The van der Waals surface area contributed by atoms with Crippen LogP contribution in [0.5, 0.6) is 0 Å². The molecule has 0 saturated carbocycles. The van der Waals surface area contributed by atoms with Crippen molar-refractivity contribution in [2.75, 3.05) is 12.3 Å². The summed E-state index contributed by atoms with van der Waals surface area (Å²) in [6, 6.07) is 8.76. The maximum atomic E-state index is 12.4. The summed E-state index contributed by atoms with van der Waals surface area (Å²) >= 11 is 0. The fourth-order valence-electron chi connectivity index (χ4n) is 2.48. The lowest BCUT2D eigenvalue weighted by Gasteiger charge is -2.26. The third kappa shape index (κ3) is 1.53. The minimum atomic E-state index is -0.319. The van der Waals surface area contributed by atoms with Crippen LogP contribution in [0, 0.1) is 0 Å². The topological polar surface area (TPSA) is 63.4 Å². The van der Waals surface area contributed by atoms with Crippen molar-refractivity contribution in [1.29, 1.82) is 0 Å². The third-order valence-electron chi connectivity index (χ3n) is 3.26. The van der Waals surface area contributed by atoms with Gasteiger partial charge in [0.1, 0.15) is 0 Å². The van der Waals surface area contributed by atoms with Crippen LogP contribution in [0.4, 0.5) is 5.69 Å². The van der Waals surface area contributed by atoms with Crippen LogP contribution in [0.2, 0.25) is 0 Å². The number of benzene rings is 2. The van der Waals surface area contributed by atoms with Gasteiger partial charge in [-0.25, -0.2) is 0 Å². The van der Waals surface area contributed by atoms with Crippen LogP contribution in [0.25, 0.3) is 10.8 Å². The van der Waals surface area contributed by atoms with Crippen molar-refractivity contribution in [3.05, 3.63) is 54.1 Å². The molecule has 1 aliphatic rings. The van der Waals surface area contributed by atoms with Crippen LogP contribution in [0.3, 0.4) is 0 Å². The van der Waals surface area contributed by atoms with E-state index < -0.39 is 0 Å². The number of hydrogen-bond donors (Lipinski definition) is 1. The molecule has 0 aromatic heterocycles. The van der Waals surface area contributed by atoms with Gasteiger partial charge in [0.25, 0.3) is 11.8 Å². The number of nitrogen functional groups attached to an aromatic ring is 1. The summed E-state index contributed by atoms with van der Waals surface area (Å²) in [5.74, 6) is -0.603. The molecule has 4 nitrogen and oxygen atoms in total. The molecule has 0 bridgehead atoms. The molecule has 0 aliphatic carbocycles. The highest BCUT2D eigenvalue weighted by molar-refractivity contribution is 6.25. The summed E-state index contributed by atoms with van der Waals surface area (Å²) in [5, 5.41) is 1.50. The maximum Gasteiger partial charge on any atom is 0.261 e. The number of nitrogens with zero attached hydrogens (tertiary/aromatic N) is 1. The van der Waals surface area contributed by atoms with E-state index in [0.29, 0.717) is 22.2 Å². The average molecular weight is 252 g/mol. The molecule has 3 rings (SSSR count). The number of rotatable bonds is 2. The quantitative estimate of drug-likeness (QED) is 0.506. The van der Waals surface area contributed by atoms with Crippen LogP contribution < -0.4 is 5.73 Å². The Balaban J connectivity index is 2.37. The van der Waals surface area contributed by atoms with Crippen molar-refractivity contribution in [1.82, 2.24) is 4.90 Å². The summed E-state index contributed by atoms with van der Waals surface area (Å²) in [6.45, 7) is 3.77. The third-order valence-corrected chi connectivity index (χ3v) is 3.26. The fraction of sp³-hybridized carbons (Fsp3) is 0.0667. The highest BCUT2D eigenvalue weighted by atomic mass is 16.2. The Bertz CT molecular complexity index is 734. The Morgan fingerprint density at radius 3 is 2.63 bits per heavy atom. The van der Waals surface area contributed by atoms with E-state index in [-0.39, 0.29) is 18.4 Å². The first kappa shape index (κ1) is 11.5. The van der Waals surface area contributed by atoms with E-state index in [9.17, 15) is 9.59 Å². The van der Waals surface area contributed by atoms with E-state index in [0.717, 1.165) is 5.39 Å². The molecule has 1 heterocycles. The minimum Gasteiger partial charge on any atom is -0.399 e. The highest BCUT2D eigenvalue weighted by Crippen LogP contribution is 2.31. The average Bonchev–Trinajstić information content (AvgIpc) is 2.40. The van der Waals surface area contributed by atoms with Gasteiger partial charge < -0.3 is 5.73 Å². The Morgan fingerprint density at radius 2 is 1.89 bits per heavy atom. The van der Waals surface area contributed by atoms with Crippen molar-refractivity contribution >= 4 is 28.3 Å². The van der Waals surface area contributed by atoms with E-state index >= 15 is 0 Å². The summed E-state index contributed by atoms with van der Waals surface area (Å²) < 4.78 is 0. The second-order valence-corrected chi connectivity index (χ2v) is 4.48. The largest absolute Gasteiger partial charge is 0.399 e. The molecule has 2 amide bonds. The zero-order valence-corrected chi connectivity index (χ0v) is 10.2. The molecule has 0 unspecified atom stereocenters. The molecule has 0 spiro atoms. The maximum absolute atomic E-state index is 12.4. The van der Waals surface area contributed by atoms with Gasteiger partial charge >= 0.3 is 0 Å². The number of nitrogens with two attached hydrogens (primary N) is 1. The Kier molecular flexibility index (Phi) is 2.38. The lowest BCUT2D eigenvalue weighted by Crippen LogP contribution is -2.40. The predicted molar refractivity (Wildman–Crippen MR) is 73.9 cm³/mol. The predicted octanol–water partition coefficient (Wildman–Crippen LogP) is 2.20. The van der Waals surface area contributed by atoms with E-state index in [2.05, 4.69) is 6.58 Å². The van der Waals surface area contributed by atoms with E-state index in [4.69, 9.17) is 5.73 Å². The molecular formula is C15H12N2O2. The van der Waals surface area contributed by atoms with Gasteiger partial charge in [-0.05, 0) is 23.6 Å². The molecule has 4 heteroatoms. The first-order valence-corrected chi connectivity index (χ1v) is 5.93. The molecule has 1 aliphatic heterocycles. The van der Waals surface area contributed by atoms with Crippen LogP contribution >= 0.6 is 0 Å². The molecule has 0 fully saturated rings. The summed E-state index contributed by atoms with van der Waals surface area (Å²) in [7, 11) is 0. The lowest BCUT2D eigenvalue weighted by atomic mass is 9.93. The second kappa shape index (κ2) is 3.95. The summed E-state index contributed by atoms with van der Waals surface area (Å²) in [6.07, 6.45) is 1.53. The molecule has 0 saturated heterocycles. The van der Waals surface area contributed by atoms with Crippen molar-refractivity contribution in [3.63, 3.8) is 0 Å². The van der Waals surface area contributed by atoms with Gasteiger partial charge in [0.05, 0.1) is 5.56 Å². The zero-order chi connectivity index (χ0) is 13.6. The molecule has 0 radical (unpaired) electrons. The Labute approximate surface area is 110 Å². The molecule has 19 heavy (non-hydrogen) atoms. The van der Waals surface area contributed by atoms with Crippen molar-refractivity contribution in [3.8, 4) is 0 Å². The SMILES string of the molecule is C=CCN1C(=O)c2cccc3cc(N)cc(c23)C1=O. The van der Waals surface area contributed by atoms with Gasteiger partial charge in [-0.15, -0.1) is 6.58 Å². The van der Waals surface area contributed by atoms with Crippen LogP contribution in [0.1, 0.15) is 20.7 Å². The van der Waals surface area contributed by atoms with Gasteiger partial charge in [0.15, 0.2) is 0 Å². The monoisotopic (exact) mass is 252 g/mol. The smallest absolute Gasteiger partial charge is 0.261 e. The second-order valence-electron chi connectivity index (χ2n) is 4.48. The number of imide groups is 1. The van der Waals surface area contributed by atoms with Crippen LogP contribution in [-0.2, 0) is 0 Å². The molecular weight excluding hydrogens is 240 g/mol. The van der Waals surface area contributed by atoms with Crippen molar-refractivity contribution in [2.45, 2.75) is 0 Å². The number of carbonyl (C=O) groups excluding carboxylic acids is 2. The van der Waals surface area contributed by atoms with Crippen molar-refractivity contribution in [2.24, 2.45) is 0 Å². The van der Waals surface area contributed by atoms with Gasteiger partial charge in [0.2, 0.25) is 0 Å². The first-order chi connectivity index (χ1) is 9.13. The number of amides is 2. The van der Waals surface area contributed by atoms with Gasteiger partial charge in [-0.1, -0.05) is 18.2 Å². The summed E-state index contributed by atoms with van der Waals surface area (Å²) in [5.41, 5.74) is 7.34. The Hall–Kier alpha value is -2.62. The lowest BCUT2D eigenvalue weighted by molar-refractivity contribution is 0.0629. The van der Waals surface area contributed by atoms with E-state index in [1.54, 1.807) is 24.3 Å². The highest BCUT2D eigenvalue weighted by Gasteiger charge is 2.32. The standard InChI is InChI=1S/C15H12N2O2/c1-2-6-17-14(18)11-5-3-4-9-7-10(16)8-12(13(9)11)15(17)19/h2-5,7-8H,1,6,16H2.